The van der Waals surface area contributed by atoms with Crippen LogP contribution in [0.4, 0.5) is 8.78 Å². The zero-order valence-corrected chi connectivity index (χ0v) is 11.4. The van der Waals surface area contributed by atoms with Crippen LogP contribution in [0.1, 0.15) is 12.0 Å². The Bertz CT molecular complexity index is 517. The van der Waals surface area contributed by atoms with Crippen LogP contribution in [0, 0.1) is 11.6 Å². The number of thioether (sulfide) groups is 1. The van der Waals surface area contributed by atoms with E-state index >= 15 is 0 Å². The van der Waals surface area contributed by atoms with Crippen molar-refractivity contribution in [2.75, 3.05) is 12.3 Å². The number of rotatable bonds is 5. The second-order valence-corrected chi connectivity index (χ2v) is 5.54. The van der Waals surface area contributed by atoms with Gasteiger partial charge in [0.05, 0.1) is 19.0 Å². The predicted octanol–water partition coefficient (Wildman–Crippen LogP) is 2.04. The average Bonchev–Trinajstić information content (AvgIpc) is 2.74. The molecule has 0 bridgehead atoms. The van der Waals surface area contributed by atoms with Crippen molar-refractivity contribution in [3.8, 4) is 0 Å². The highest BCUT2D eigenvalue weighted by molar-refractivity contribution is 8.13. The molecular weight excluding hydrogens is 286 g/mol. The van der Waals surface area contributed by atoms with Crippen LogP contribution in [0.15, 0.2) is 23.2 Å². The second kappa shape index (κ2) is 6.69. The minimum atomic E-state index is -0.845. The topological polar surface area (TPSA) is 61.7 Å². The first kappa shape index (κ1) is 14.8. The zero-order valence-electron chi connectivity index (χ0n) is 10.6. The van der Waals surface area contributed by atoms with Gasteiger partial charge in [-0.15, -0.1) is 0 Å². The van der Waals surface area contributed by atoms with E-state index in [4.69, 9.17) is 5.11 Å². The monoisotopic (exact) mass is 300 g/mol. The van der Waals surface area contributed by atoms with E-state index < -0.39 is 17.6 Å². The largest absolute Gasteiger partial charge is 0.481 e. The van der Waals surface area contributed by atoms with Gasteiger partial charge in [-0.2, -0.15) is 0 Å². The van der Waals surface area contributed by atoms with Crippen molar-refractivity contribution in [1.82, 2.24) is 5.32 Å². The molecule has 0 spiro atoms. The van der Waals surface area contributed by atoms with Crippen molar-refractivity contribution >= 4 is 22.9 Å². The number of aliphatic imine (C=N–C) groups is 1. The highest BCUT2D eigenvalue weighted by atomic mass is 32.2. The molecule has 1 aromatic rings. The van der Waals surface area contributed by atoms with Crippen molar-refractivity contribution in [2.24, 2.45) is 4.99 Å². The maximum atomic E-state index is 13.1. The SMILES string of the molecule is O=C(O)CCSC1=NCC(Cc2cc(F)cc(F)c2)N1. The third-order valence-corrected chi connectivity index (χ3v) is 3.67. The molecule has 0 fully saturated rings. The highest BCUT2D eigenvalue weighted by Crippen LogP contribution is 2.15. The summed E-state index contributed by atoms with van der Waals surface area (Å²) in [5.74, 6) is -1.57. The molecule has 108 valence electrons. The molecule has 0 saturated heterocycles. The fourth-order valence-electron chi connectivity index (χ4n) is 1.91. The van der Waals surface area contributed by atoms with Crippen molar-refractivity contribution in [3.05, 3.63) is 35.4 Å². The standard InChI is InChI=1S/C13H14F2N2O2S/c14-9-3-8(4-10(15)6-9)5-11-7-16-13(17-11)20-2-1-12(18)19/h3-4,6,11H,1-2,5,7H2,(H,16,17)(H,18,19). The van der Waals surface area contributed by atoms with Crippen LogP contribution >= 0.6 is 11.8 Å². The lowest BCUT2D eigenvalue weighted by Gasteiger charge is -2.11. The van der Waals surface area contributed by atoms with Crippen LogP contribution in [0.3, 0.4) is 0 Å². The van der Waals surface area contributed by atoms with Crippen molar-refractivity contribution in [1.29, 1.82) is 0 Å². The minimum absolute atomic E-state index is 0.0106. The summed E-state index contributed by atoms with van der Waals surface area (Å²) < 4.78 is 26.1. The van der Waals surface area contributed by atoms with Gasteiger partial charge in [-0.1, -0.05) is 11.8 Å². The molecule has 1 aromatic carbocycles. The lowest BCUT2D eigenvalue weighted by atomic mass is 10.1. The van der Waals surface area contributed by atoms with Crippen LogP contribution in [-0.4, -0.2) is 34.6 Å². The maximum Gasteiger partial charge on any atom is 0.304 e. The van der Waals surface area contributed by atoms with Gasteiger partial charge >= 0.3 is 5.97 Å². The Morgan fingerprint density at radius 2 is 2.10 bits per heavy atom. The third kappa shape index (κ3) is 4.48. The Kier molecular flexibility index (Phi) is 4.94. The molecule has 4 nitrogen and oxygen atoms in total. The van der Waals surface area contributed by atoms with Crippen LogP contribution in [0.5, 0.6) is 0 Å². The van der Waals surface area contributed by atoms with Gasteiger partial charge < -0.3 is 10.4 Å². The van der Waals surface area contributed by atoms with Gasteiger partial charge in [-0.05, 0) is 24.1 Å². The van der Waals surface area contributed by atoms with Crippen LogP contribution < -0.4 is 5.32 Å². The van der Waals surface area contributed by atoms with Crippen LogP contribution in [0.2, 0.25) is 0 Å². The molecule has 0 amide bonds. The number of carboxylic acids is 1. The first-order chi connectivity index (χ1) is 9.52. The first-order valence-corrected chi connectivity index (χ1v) is 7.12. The fraction of sp³-hybridized carbons (Fsp3) is 0.385. The van der Waals surface area contributed by atoms with Gasteiger partial charge in [-0.3, -0.25) is 9.79 Å². The molecule has 1 aliphatic rings. The van der Waals surface area contributed by atoms with Crippen molar-refractivity contribution in [2.45, 2.75) is 18.9 Å². The summed E-state index contributed by atoms with van der Waals surface area (Å²) in [5.41, 5.74) is 0.576. The van der Waals surface area contributed by atoms with Crippen molar-refractivity contribution < 1.29 is 18.7 Å². The summed E-state index contributed by atoms with van der Waals surface area (Å²) in [7, 11) is 0. The van der Waals surface area contributed by atoms with E-state index in [-0.39, 0.29) is 12.5 Å². The van der Waals surface area contributed by atoms with E-state index in [0.29, 0.717) is 29.4 Å². The molecule has 1 aliphatic heterocycles. The Morgan fingerprint density at radius 1 is 1.40 bits per heavy atom. The summed E-state index contributed by atoms with van der Waals surface area (Å²) in [4.78, 5) is 14.6. The van der Waals surface area contributed by atoms with E-state index in [2.05, 4.69) is 10.3 Å². The molecule has 7 heteroatoms. The molecule has 2 N–H and O–H groups in total. The number of benzene rings is 1. The average molecular weight is 300 g/mol. The van der Waals surface area contributed by atoms with Crippen LogP contribution in [-0.2, 0) is 11.2 Å². The van der Waals surface area contributed by atoms with Gasteiger partial charge in [0.15, 0.2) is 5.17 Å². The second-order valence-electron chi connectivity index (χ2n) is 4.46. The Labute approximate surface area is 119 Å². The molecular formula is C13H14F2N2O2S. The van der Waals surface area contributed by atoms with Gasteiger partial charge in [0.2, 0.25) is 0 Å². The summed E-state index contributed by atoms with van der Waals surface area (Å²) >= 11 is 1.34. The molecule has 0 radical (unpaired) electrons. The van der Waals surface area contributed by atoms with Gasteiger partial charge in [0.1, 0.15) is 11.6 Å². The fourth-order valence-corrected chi connectivity index (χ4v) is 2.80. The lowest BCUT2D eigenvalue weighted by molar-refractivity contribution is -0.136. The van der Waals surface area contributed by atoms with E-state index in [1.807, 2.05) is 0 Å². The number of carbonyl (C=O) groups is 1. The number of amidine groups is 1. The minimum Gasteiger partial charge on any atom is -0.481 e. The quantitative estimate of drug-likeness (QED) is 0.873. The molecule has 1 atom stereocenters. The lowest BCUT2D eigenvalue weighted by Crippen LogP contribution is -2.30. The summed E-state index contributed by atoms with van der Waals surface area (Å²) in [6, 6.07) is 3.44. The number of hydrogen-bond acceptors (Lipinski definition) is 4. The number of nitrogens with zero attached hydrogens (tertiary/aromatic N) is 1. The van der Waals surface area contributed by atoms with E-state index in [1.165, 1.54) is 23.9 Å². The number of hydrogen-bond donors (Lipinski definition) is 2. The Morgan fingerprint density at radius 3 is 2.75 bits per heavy atom. The smallest absolute Gasteiger partial charge is 0.304 e. The van der Waals surface area contributed by atoms with Gasteiger partial charge in [0.25, 0.3) is 0 Å². The molecule has 20 heavy (non-hydrogen) atoms. The predicted molar refractivity (Wildman–Crippen MR) is 74.0 cm³/mol. The van der Waals surface area contributed by atoms with Gasteiger partial charge in [0, 0.05) is 11.8 Å². The first-order valence-electron chi connectivity index (χ1n) is 6.13. The maximum absolute atomic E-state index is 13.1. The summed E-state index contributed by atoms with van der Waals surface area (Å²) in [6.45, 7) is 0.521. The Hall–Kier alpha value is -1.63. The Balaban J connectivity index is 1.81. The number of carboxylic acid groups (broad SMARTS) is 1. The molecule has 0 saturated carbocycles. The third-order valence-electron chi connectivity index (χ3n) is 2.74. The molecule has 2 rings (SSSR count). The zero-order chi connectivity index (χ0) is 14.5. The molecule has 0 aliphatic carbocycles. The number of halogens is 2. The van der Waals surface area contributed by atoms with E-state index in [0.717, 1.165) is 6.07 Å². The summed E-state index contributed by atoms with van der Waals surface area (Å²) in [5, 5.41) is 12.4. The normalized spacial score (nSPS) is 17.7. The number of nitrogens with one attached hydrogen (secondary N) is 1. The van der Waals surface area contributed by atoms with E-state index in [1.54, 1.807) is 0 Å². The van der Waals surface area contributed by atoms with Gasteiger partial charge in [-0.25, -0.2) is 8.78 Å². The molecule has 1 heterocycles. The van der Waals surface area contributed by atoms with E-state index in [9.17, 15) is 13.6 Å². The van der Waals surface area contributed by atoms with Crippen LogP contribution in [0.25, 0.3) is 0 Å². The number of aliphatic carboxylic acids is 1. The molecule has 1 unspecified atom stereocenters. The van der Waals surface area contributed by atoms with Crippen molar-refractivity contribution in [3.63, 3.8) is 0 Å². The molecule has 0 aromatic heterocycles. The summed E-state index contributed by atoms with van der Waals surface area (Å²) in [6.07, 6.45) is 0.548. The highest BCUT2D eigenvalue weighted by Gasteiger charge is 2.18.